The molecule has 5 heteroatoms. The minimum Gasteiger partial charge on any atom is -0.465 e. The van der Waals surface area contributed by atoms with E-state index >= 15 is 0 Å². The molecule has 1 fully saturated rings. The van der Waals surface area contributed by atoms with Crippen molar-refractivity contribution in [2.75, 3.05) is 7.11 Å². The molecule has 1 aliphatic rings. The van der Waals surface area contributed by atoms with Crippen LogP contribution in [-0.4, -0.2) is 19.0 Å². The second-order valence-corrected chi connectivity index (χ2v) is 7.00. The summed E-state index contributed by atoms with van der Waals surface area (Å²) >= 11 is 5.98. The van der Waals surface area contributed by atoms with Gasteiger partial charge in [-0.25, -0.2) is 4.79 Å². The first-order valence-electron chi connectivity index (χ1n) is 8.66. The summed E-state index contributed by atoms with van der Waals surface area (Å²) in [6.45, 7) is 0.176. The molecule has 1 aliphatic carbocycles. The summed E-state index contributed by atoms with van der Waals surface area (Å²) in [5.74, 6) is -0.587. The van der Waals surface area contributed by atoms with Gasteiger partial charge in [0.05, 0.1) is 18.1 Å². The predicted octanol–water partition coefficient (Wildman–Crippen LogP) is 4.68. The zero-order valence-corrected chi connectivity index (χ0v) is 15.4. The zero-order valence-electron chi connectivity index (χ0n) is 14.7. The van der Waals surface area contributed by atoms with E-state index in [2.05, 4.69) is 4.74 Å². The van der Waals surface area contributed by atoms with Crippen LogP contribution in [0, 0.1) is 0 Å². The molecule has 2 aromatic rings. The number of benzene rings is 2. The molecule has 0 heterocycles. The van der Waals surface area contributed by atoms with E-state index in [1.165, 1.54) is 7.11 Å². The molecule has 0 atom stereocenters. The first kappa shape index (κ1) is 18.5. The third kappa shape index (κ3) is 3.75. The molecule has 0 radical (unpaired) electrons. The van der Waals surface area contributed by atoms with Gasteiger partial charge >= 0.3 is 11.9 Å². The molecule has 0 amide bonds. The smallest absolute Gasteiger partial charge is 0.337 e. The maximum atomic E-state index is 12.9. The van der Waals surface area contributed by atoms with Crippen LogP contribution in [0.1, 0.15) is 47.2 Å². The van der Waals surface area contributed by atoms with E-state index < -0.39 is 5.41 Å². The molecule has 136 valence electrons. The van der Waals surface area contributed by atoms with E-state index in [4.69, 9.17) is 16.3 Å². The highest BCUT2D eigenvalue weighted by Crippen LogP contribution is 2.42. The summed E-state index contributed by atoms with van der Waals surface area (Å²) in [5.41, 5.74) is 1.67. The molecule has 0 N–H and O–H groups in total. The molecule has 26 heavy (non-hydrogen) atoms. The summed E-state index contributed by atoms with van der Waals surface area (Å²) < 4.78 is 10.3. The number of rotatable bonds is 5. The van der Waals surface area contributed by atoms with E-state index in [1.54, 1.807) is 24.3 Å². The first-order valence-corrected chi connectivity index (χ1v) is 9.03. The van der Waals surface area contributed by atoms with Gasteiger partial charge in [-0.1, -0.05) is 48.7 Å². The molecule has 0 bridgehead atoms. The second-order valence-electron chi connectivity index (χ2n) is 6.56. The van der Waals surface area contributed by atoms with Crippen molar-refractivity contribution in [1.29, 1.82) is 0 Å². The lowest BCUT2D eigenvalue weighted by Gasteiger charge is -2.27. The van der Waals surface area contributed by atoms with Crippen LogP contribution in [0.25, 0.3) is 0 Å². The second kappa shape index (κ2) is 7.92. The van der Waals surface area contributed by atoms with Crippen molar-refractivity contribution >= 4 is 23.5 Å². The van der Waals surface area contributed by atoms with Gasteiger partial charge in [0.1, 0.15) is 6.61 Å². The minimum atomic E-state index is -0.587. The predicted molar refractivity (Wildman–Crippen MR) is 99.2 cm³/mol. The number of halogens is 1. The number of carbonyl (C=O) groups is 2. The Labute approximate surface area is 158 Å². The van der Waals surface area contributed by atoms with Crippen molar-refractivity contribution in [1.82, 2.24) is 0 Å². The molecule has 4 nitrogen and oxygen atoms in total. The van der Waals surface area contributed by atoms with E-state index in [1.807, 2.05) is 24.3 Å². The van der Waals surface area contributed by atoms with Gasteiger partial charge in [0, 0.05) is 5.02 Å². The van der Waals surface area contributed by atoms with Crippen LogP contribution in [-0.2, 0) is 26.3 Å². The van der Waals surface area contributed by atoms with Crippen molar-refractivity contribution in [2.24, 2.45) is 0 Å². The van der Waals surface area contributed by atoms with Crippen LogP contribution in [0.3, 0.4) is 0 Å². The van der Waals surface area contributed by atoms with E-state index in [-0.39, 0.29) is 18.5 Å². The summed E-state index contributed by atoms with van der Waals surface area (Å²) in [6.07, 6.45) is 3.58. The van der Waals surface area contributed by atoms with Gasteiger partial charge in [-0.3, -0.25) is 4.79 Å². The van der Waals surface area contributed by atoms with Crippen LogP contribution in [0.15, 0.2) is 48.5 Å². The summed E-state index contributed by atoms with van der Waals surface area (Å²) in [4.78, 5) is 24.4. The van der Waals surface area contributed by atoms with Crippen LogP contribution < -0.4 is 0 Å². The van der Waals surface area contributed by atoms with Crippen LogP contribution >= 0.6 is 11.6 Å². The fourth-order valence-corrected chi connectivity index (χ4v) is 3.63. The zero-order chi connectivity index (χ0) is 18.6. The highest BCUT2D eigenvalue weighted by molar-refractivity contribution is 6.30. The normalized spacial score (nSPS) is 15.5. The Morgan fingerprint density at radius 1 is 1.00 bits per heavy atom. The Balaban J connectivity index is 1.71. The minimum absolute atomic E-state index is 0.176. The largest absolute Gasteiger partial charge is 0.465 e. The lowest BCUT2D eigenvalue weighted by Crippen LogP contribution is -2.34. The Hall–Kier alpha value is -2.33. The van der Waals surface area contributed by atoms with Gasteiger partial charge in [0.2, 0.25) is 0 Å². The van der Waals surface area contributed by atoms with Gasteiger partial charge in [-0.05, 0) is 48.2 Å². The molecule has 1 saturated carbocycles. The number of hydrogen-bond acceptors (Lipinski definition) is 4. The van der Waals surface area contributed by atoms with Gasteiger partial charge < -0.3 is 9.47 Å². The molecular weight excluding hydrogens is 352 g/mol. The maximum Gasteiger partial charge on any atom is 0.337 e. The van der Waals surface area contributed by atoms with Gasteiger partial charge in [0.15, 0.2) is 0 Å². The van der Waals surface area contributed by atoms with Crippen molar-refractivity contribution in [3.8, 4) is 0 Å². The first-order chi connectivity index (χ1) is 12.5. The molecular formula is C21H21ClO4. The topological polar surface area (TPSA) is 52.6 Å². The lowest BCUT2D eigenvalue weighted by atomic mass is 9.79. The molecule has 3 rings (SSSR count). The Morgan fingerprint density at radius 3 is 2.19 bits per heavy atom. The van der Waals surface area contributed by atoms with Crippen LogP contribution in [0.4, 0.5) is 0 Å². The van der Waals surface area contributed by atoms with Gasteiger partial charge in [-0.15, -0.1) is 0 Å². The van der Waals surface area contributed by atoms with Gasteiger partial charge in [0.25, 0.3) is 0 Å². The highest BCUT2D eigenvalue weighted by Gasteiger charge is 2.44. The number of methoxy groups -OCH3 is 1. The molecule has 0 spiro atoms. The molecule has 0 saturated heterocycles. The quantitative estimate of drug-likeness (QED) is 0.715. The van der Waals surface area contributed by atoms with Crippen molar-refractivity contribution in [2.45, 2.75) is 37.7 Å². The fourth-order valence-electron chi connectivity index (χ4n) is 3.50. The van der Waals surface area contributed by atoms with Gasteiger partial charge in [-0.2, -0.15) is 0 Å². The van der Waals surface area contributed by atoms with Crippen molar-refractivity contribution in [3.05, 3.63) is 70.2 Å². The highest BCUT2D eigenvalue weighted by atomic mass is 35.5. The number of esters is 2. The summed E-state index contributed by atoms with van der Waals surface area (Å²) in [7, 11) is 1.34. The van der Waals surface area contributed by atoms with E-state index in [9.17, 15) is 9.59 Å². The standard InChI is InChI=1S/C21H21ClO4/c1-25-19(23)16-6-4-15(5-7-16)14-26-20(24)21(12-2-3-13-21)17-8-10-18(22)11-9-17/h4-11H,2-3,12-14H2,1H3. The molecule has 0 aliphatic heterocycles. The number of carbonyl (C=O) groups excluding carboxylic acids is 2. The third-order valence-corrected chi connectivity index (χ3v) is 5.24. The van der Waals surface area contributed by atoms with Crippen LogP contribution in [0.5, 0.6) is 0 Å². The Kier molecular flexibility index (Phi) is 5.62. The monoisotopic (exact) mass is 372 g/mol. The average Bonchev–Trinajstić information content (AvgIpc) is 3.17. The maximum absolute atomic E-state index is 12.9. The molecule has 0 unspecified atom stereocenters. The fraction of sp³-hybridized carbons (Fsp3) is 0.333. The third-order valence-electron chi connectivity index (χ3n) is 4.99. The molecule has 2 aromatic carbocycles. The number of ether oxygens (including phenoxy) is 2. The van der Waals surface area contributed by atoms with Crippen molar-refractivity contribution in [3.63, 3.8) is 0 Å². The van der Waals surface area contributed by atoms with E-state index in [0.29, 0.717) is 10.6 Å². The average molecular weight is 373 g/mol. The number of hydrogen-bond donors (Lipinski definition) is 0. The summed E-state index contributed by atoms with van der Waals surface area (Å²) in [5, 5.41) is 0.654. The summed E-state index contributed by atoms with van der Waals surface area (Å²) in [6, 6.07) is 14.3. The van der Waals surface area contributed by atoms with Crippen molar-refractivity contribution < 1.29 is 19.1 Å². The lowest BCUT2D eigenvalue weighted by molar-refractivity contribution is -0.152. The van der Waals surface area contributed by atoms with E-state index in [0.717, 1.165) is 36.8 Å². The SMILES string of the molecule is COC(=O)c1ccc(COC(=O)C2(c3ccc(Cl)cc3)CCCC2)cc1. The van der Waals surface area contributed by atoms with Crippen LogP contribution in [0.2, 0.25) is 5.02 Å². The molecule has 0 aromatic heterocycles. The Morgan fingerprint density at radius 2 is 1.62 bits per heavy atom. The Bertz CT molecular complexity index is 775.